The van der Waals surface area contributed by atoms with Gasteiger partial charge >= 0.3 is 0 Å². The van der Waals surface area contributed by atoms with Gasteiger partial charge in [0.1, 0.15) is 23.1 Å². The minimum atomic E-state index is 0.139. The summed E-state index contributed by atoms with van der Waals surface area (Å²) >= 11 is 0. The van der Waals surface area contributed by atoms with Gasteiger partial charge in [0, 0.05) is 5.69 Å². The maximum absolute atomic E-state index is 10.5. The summed E-state index contributed by atoms with van der Waals surface area (Å²) in [4.78, 5) is 12.8. The third kappa shape index (κ3) is 4.20. The Morgan fingerprint density at radius 2 is 1.56 bits per heavy atom. The Bertz CT molecular complexity index is 1360. The molecule has 4 N–H and O–H groups in total. The van der Waals surface area contributed by atoms with Crippen LogP contribution >= 0.6 is 0 Å². The van der Waals surface area contributed by atoms with E-state index >= 15 is 0 Å². The summed E-state index contributed by atoms with van der Waals surface area (Å²) in [7, 11) is 0. The van der Waals surface area contributed by atoms with Crippen LogP contribution in [-0.2, 0) is 0 Å². The van der Waals surface area contributed by atoms with Crippen molar-refractivity contribution in [1.29, 1.82) is 0 Å². The van der Waals surface area contributed by atoms with Crippen LogP contribution in [0.2, 0.25) is 0 Å². The van der Waals surface area contributed by atoms with Gasteiger partial charge in [0.2, 0.25) is 5.95 Å². The number of hydrogen-bond acceptors (Lipinski definition) is 8. The highest BCUT2D eigenvalue weighted by molar-refractivity contribution is 6.03. The lowest BCUT2D eigenvalue weighted by molar-refractivity contribution is 0.481. The molecule has 0 aliphatic carbocycles. The van der Waals surface area contributed by atoms with Crippen LogP contribution in [0.25, 0.3) is 10.8 Å². The number of rotatable bonds is 4. The number of aromatic hydroxyl groups is 1. The molecule has 0 atom stereocenters. The van der Waals surface area contributed by atoms with Gasteiger partial charge in [0.05, 0.1) is 16.8 Å². The van der Waals surface area contributed by atoms with E-state index in [1.165, 1.54) is 0 Å². The number of nitrogens with zero attached hydrogens (tertiary/aromatic N) is 5. The van der Waals surface area contributed by atoms with E-state index in [1.54, 1.807) is 6.07 Å². The second-order valence-electron chi connectivity index (χ2n) is 7.92. The fraction of sp³-hybridized carbons (Fsp3) is 0.208. The Morgan fingerprint density at radius 3 is 2.25 bits per heavy atom. The summed E-state index contributed by atoms with van der Waals surface area (Å²) in [6, 6.07) is 11.3. The number of anilines is 3. The number of nitrogens with one attached hydrogen (secondary N) is 1. The number of phenols is 1. The number of hydrogen-bond donors (Lipinski definition) is 3. The van der Waals surface area contributed by atoms with E-state index in [0.29, 0.717) is 40.0 Å². The number of fused-ring (bicyclic) bond motifs is 1. The van der Waals surface area contributed by atoms with Crippen molar-refractivity contribution in [2.75, 3.05) is 11.1 Å². The van der Waals surface area contributed by atoms with Crippen molar-refractivity contribution in [3.63, 3.8) is 0 Å². The van der Waals surface area contributed by atoms with Crippen molar-refractivity contribution in [2.45, 2.75) is 34.6 Å². The lowest BCUT2D eigenvalue weighted by Gasteiger charge is -2.11. The molecule has 0 fully saturated rings. The molecule has 32 heavy (non-hydrogen) atoms. The molecule has 0 aliphatic rings. The van der Waals surface area contributed by atoms with E-state index in [0.717, 1.165) is 27.8 Å². The number of benzene rings is 3. The van der Waals surface area contributed by atoms with Crippen LogP contribution < -0.4 is 11.1 Å². The van der Waals surface area contributed by atoms with Gasteiger partial charge in [0.25, 0.3) is 0 Å². The van der Waals surface area contributed by atoms with Crippen molar-refractivity contribution in [3.05, 3.63) is 64.7 Å². The van der Waals surface area contributed by atoms with Gasteiger partial charge in [-0.25, -0.2) is 4.98 Å². The summed E-state index contributed by atoms with van der Waals surface area (Å²) in [6.45, 7) is 9.46. The van der Waals surface area contributed by atoms with E-state index in [1.807, 2.05) is 65.0 Å². The zero-order valence-corrected chi connectivity index (χ0v) is 18.7. The minimum Gasteiger partial charge on any atom is -0.507 e. The quantitative estimate of drug-likeness (QED) is 0.271. The summed E-state index contributed by atoms with van der Waals surface area (Å²) < 4.78 is 0. The van der Waals surface area contributed by atoms with E-state index in [4.69, 9.17) is 5.73 Å². The van der Waals surface area contributed by atoms with Crippen LogP contribution in [0.4, 0.5) is 28.7 Å². The van der Waals surface area contributed by atoms with Gasteiger partial charge < -0.3 is 16.2 Å². The first-order chi connectivity index (χ1) is 15.2. The second-order valence-corrected chi connectivity index (χ2v) is 7.92. The fourth-order valence-electron chi connectivity index (χ4n) is 3.65. The molecule has 4 aromatic rings. The number of aryl methyl sites for hydroxylation is 5. The predicted octanol–water partition coefficient (Wildman–Crippen LogP) is 6.01. The molecule has 0 spiro atoms. The van der Waals surface area contributed by atoms with Crippen molar-refractivity contribution in [3.8, 4) is 5.75 Å². The first-order valence-electron chi connectivity index (χ1n) is 10.2. The normalized spacial score (nSPS) is 11.4. The summed E-state index contributed by atoms with van der Waals surface area (Å²) in [6.07, 6.45) is 0. The van der Waals surface area contributed by atoms with Crippen molar-refractivity contribution in [2.24, 2.45) is 10.2 Å². The van der Waals surface area contributed by atoms with Gasteiger partial charge in [-0.2, -0.15) is 15.1 Å². The largest absolute Gasteiger partial charge is 0.507 e. The predicted molar refractivity (Wildman–Crippen MR) is 127 cm³/mol. The Hall–Kier alpha value is -4.07. The molecule has 0 unspecified atom stereocenters. The number of nitrogen functional groups attached to an aromatic ring is 1. The van der Waals surface area contributed by atoms with Gasteiger partial charge in [-0.15, -0.1) is 5.11 Å². The highest BCUT2D eigenvalue weighted by Gasteiger charge is 2.13. The average molecular weight is 428 g/mol. The van der Waals surface area contributed by atoms with Crippen LogP contribution in [0.1, 0.15) is 28.3 Å². The molecule has 162 valence electrons. The Labute approximate surface area is 186 Å². The highest BCUT2D eigenvalue weighted by Crippen LogP contribution is 2.41. The number of nitrogens with two attached hydrogens (primary N) is 1. The molecule has 1 aromatic heterocycles. The summed E-state index contributed by atoms with van der Waals surface area (Å²) in [5, 5.41) is 24.1. The minimum absolute atomic E-state index is 0.139. The van der Waals surface area contributed by atoms with E-state index < -0.39 is 0 Å². The number of azo groups is 1. The molecule has 0 bridgehead atoms. The molecule has 0 saturated heterocycles. The molecule has 3 aromatic carbocycles. The van der Waals surface area contributed by atoms with Crippen LogP contribution in [0.15, 0.2) is 46.6 Å². The molecular formula is C24H25N7O. The van der Waals surface area contributed by atoms with Crippen LogP contribution in [0.3, 0.4) is 0 Å². The zero-order valence-electron chi connectivity index (χ0n) is 18.7. The van der Waals surface area contributed by atoms with Crippen LogP contribution in [-0.4, -0.2) is 20.1 Å². The third-order valence-electron chi connectivity index (χ3n) is 5.15. The third-order valence-corrected chi connectivity index (χ3v) is 5.15. The molecule has 1 heterocycles. The van der Waals surface area contributed by atoms with Gasteiger partial charge in [-0.05, 0) is 87.0 Å². The van der Waals surface area contributed by atoms with Gasteiger partial charge in [0.15, 0.2) is 0 Å². The maximum atomic E-state index is 10.5. The maximum Gasteiger partial charge on any atom is 0.230 e. The van der Waals surface area contributed by atoms with E-state index in [9.17, 15) is 5.11 Å². The zero-order chi connectivity index (χ0) is 23.0. The standard InChI is InChI=1S/C24H25N7O/c1-12-8-17-10-14(3)22(25)23(21(17)20(32)9-12)31-30-19-7-6-18(11-13(19)2)29-24-27-15(4)26-16(5)28-24/h6-11,32H,25H2,1-5H3,(H,26,27,28,29). The topological polar surface area (TPSA) is 122 Å². The van der Waals surface area contributed by atoms with Gasteiger partial charge in [-0.1, -0.05) is 6.07 Å². The lowest BCUT2D eigenvalue weighted by Crippen LogP contribution is -2.02. The summed E-state index contributed by atoms with van der Waals surface area (Å²) in [5.41, 5.74) is 11.6. The van der Waals surface area contributed by atoms with Crippen LogP contribution in [0.5, 0.6) is 5.75 Å². The smallest absolute Gasteiger partial charge is 0.230 e. The lowest BCUT2D eigenvalue weighted by atomic mass is 10.0. The molecule has 0 saturated carbocycles. The van der Waals surface area contributed by atoms with Crippen molar-refractivity contribution < 1.29 is 5.11 Å². The monoisotopic (exact) mass is 427 g/mol. The first-order valence-corrected chi connectivity index (χ1v) is 10.2. The van der Waals surface area contributed by atoms with Crippen molar-refractivity contribution in [1.82, 2.24) is 15.0 Å². The fourth-order valence-corrected chi connectivity index (χ4v) is 3.65. The Kier molecular flexibility index (Phi) is 5.44. The SMILES string of the molecule is Cc1cc(O)c2c(N=Nc3ccc(Nc4nc(C)nc(C)n4)cc3C)c(N)c(C)cc2c1. The molecule has 8 nitrogen and oxygen atoms in total. The van der Waals surface area contributed by atoms with E-state index in [2.05, 4.69) is 30.5 Å². The van der Waals surface area contributed by atoms with Gasteiger partial charge in [-0.3, -0.25) is 0 Å². The second kappa shape index (κ2) is 8.22. The van der Waals surface area contributed by atoms with Crippen molar-refractivity contribution >= 4 is 39.5 Å². The molecule has 0 amide bonds. The molecular weight excluding hydrogens is 402 g/mol. The van der Waals surface area contributed by atoms with Crippen LogP contribution in [0, 0.1) is 34.6 Å². The number of aromatic nitrogens is 3. The number of phenolic OH excluding ortho intramolecular Hbond substituents is 1. The molecule has 0 aliphatic heterocycles. The Balaban J connectivity index is 1.68. The Morgan fingerprint density at radius 1 is 0.844 bits per heavy atom. The molecule has 0 radical (unpaired) electrons. The summed E-state index contributed by atoms with van der Waals surface area (Å²) in [5.74, 6) is 1.94. The molecule has 4 rings (SSSR count). The average Bonchev–Trinajstić information content (AvgIpc) is 2.69. The van der Waals surface area contributed by atoms with E-state index in [-0.39, 0.29) is 5.75 Å². The molecule has 8 heteroatoms. The highest BCUT2D eigenvalue weighted by atomic mass is 16.3. The first kappa shape index (κ1) is 21.2.